The van der Waals surface area contributed by atoms with Gasteiger partial charge in [0.2, 0.25) is 0 Å². The molecule has 3 aromatic rings. The molecule has 0 saturated heterocycles. The van der Waals surface area contributed by atoms with E-state index in [1.165, 1.54) is 0 Å². The quantitative estimate of drug-likeness (QED) is 0.610. The lowest BCUT2D eigenvalue weighted by molar-refractivity contribution is 0.0931. The van der Waals surface area contributed by atoms with Crippen LogP contribution in [0.2, 0.25) is 0 Å². The molecular formula is C22H24N4O2. The maximum absolute atomic E-state index is 12.5. The van der Waals surface area contributed by atoms with E-state index >= 15 is 0 Å². The Bertz CT molecular complexity index is 901. The van der Waals surface area contributed by atoms with Gasteiger partial charge in [-0.2, -0.15) is 0 Å². The number of carbonyl (C=O) groups excluding carboxylic acids is 1. The molecule has 2 aromatic carbocycles. The van der Waals surface area contributed by atoms with Crippen LogP contribution in [0.4, 0.5) is 11.5 Å². The van der Waals surface area contributed by atoms with Crippen molar-refractivity contribution in [3.8, 4) is 0 Å². The van der Waals surface area contributed by atoms with Gasteiger partial charge in [-0.1, -0.05) is 48.5 Å². The Hall–Kier alpha value is -3.25. The lowest BCUT2D eigenvalue weighted by atomic mass is 10.2. The summed E-state index contributed by atoms with van der Waals surface area (Å²) in [6.45, 7) is 3.31. The zero-order valence-electron chi connectivity index (χ0n) is 16.1. The summed E-state index contributed by atoms with van der Waals surface area (Å²) >= 11 is 0. The molecule has 28 heavy (non-hydrogen) atoms. The molecule has 0 spiro atoms. The van der Waals surface area contributed by atoms with E-state index in [2.05, 4.69) is 32.3 Å². The fourth-order valence-electron chi connectivity index (χ4n) is 2.84. The van der Waals surface area contributed by atoms with E-state index in [-0.39, 0.29) is 5.91 Å². The second-order valence-electron chi connectivity index (χ2n) is 6.31. The largest absolute Gasteiger partial charge is 0.383 e. The number of anilines is 2. The van der Waals surface area contributed by atoms with Gasteiger partial charge in [0, 0.05) is 32.0 Å². The summed E-state index contributed by atoms with van der Waals surface area (Å²) in [5.74, 6) is 0.986. The fourth-order valence-corrected chi connectivity index (χ4v) is 2.84. The van der Waals surface area contributed by atoms with Gasteiger partial charge >= 0.3 is 0 Å². The minimum absolute atomic E-state index is 0.239. The van der Waals surface area contributed by atoms with Crippen molar-refractivity contribution in [2.45, 2.75) is 13.5 Å². The van der Waals surface area contributed by atoms with Crippen LogP contribution in [-0.2, 0) is 11.3 Å². The molecule has 0 aliphatic heterocycles. The Morgan fingerprint density at radius 1 is 1.04 bits per heavy atom. The maximum Gasteiger partial charge on any atom is 0.270 e. The second kappa shape index (κ2) is 9.62. The Labute approximate surface area is 165 Å². The minimum Gasteiger partial charge on any atom is -0.383 e. The Kier molecular flexibility index (Phi) is 6.70. The maximum atomic E-state index is 12.5. The first-order valence-corrected chi connectivity index (χ1v) is 9.16. The number of para-hydroxylation sites is 1. The van der Waals surface area contributed by atoms with Gasteiger partial charge in [0.25, 0.3) is 5.91 Å². The highest BCUT2D eigenvalue weighted by Gasteiger charge is 2.16. The normalized spacial score (nSPS) is 10.5. The second-order valence-corrected chi connectivity index (χ2v) is 6.31. The van der Waals surface area contributed by atoms with Crippen LogP contribution >= 0.6 is 0 Å². The van der Waals surface area contributed by atoms with E-state index < -0.39 is 0 Å². The number of aryl methyl sites for hydroxylation is 1. The summed E-state index contributed by atoms with van der Waals surface area (Å²) in [6.07, 6.45) is 0. The average Bonchev–Trinajstić information content (AvgIpc) is 2.73. The summed E-state index contributed by atoms with van der Waals surface area (Å²) < 4.78 is 4.98. The van der Waals surface area contributed by atoms with Crippen molar-refractivity contribution in [3.05, 3.63) is 83.8 Å². The number of nitrogens with zero attached hydrogens (tertiary/aromatic N) is 3. The molecular weight excluding hydrogens is 352 g/mol. The molecule has 0 aliphatic carbocycles. The van der Waals surface area contributed by atoms with Crippen molar-refractivity contribution in [1.29, 1.82) is 0 Å². The lowest BCUT2D eigenvalue weighted by Crippen LogP contribution is -2.28. The molecule has 0 fully saturated rings. The molecule has 0 aliphatic rings. The summed E-state index contributed by atoms with van der Waals surface area (Å²) in [5, 5.41) is 2.81. The van der Waals surface area contributed by atoms with Crippen LogP contribution in [0.15, 0.2) is 66.7 Å². The van der Waals surface area contributed by atoms with Crippen molar-refractivity contribution in [2.24, 2.45) is 0 Å². The average molecular weight is 376 g/mol. The number of hydrogen-bond donors (Lipinski definition) is 1. The van der Waals surface area contributed by atoms with E-state index in [0.717, 1.165) is 11.3 Å². The molecule has 6 nitrogen and oxygen atoms in total. The third kappa shape index (κ3) is 5.14. The predicted molar refractivity (Wildman–Crippen MR) is 110 cm³/mol. The molecule has 1 aromatic heterocycles. The first-order chi connectivity index (χ1) is 13.7. The van der Waals surface area contributed by atoms with Crippen molar-refractivity contribution in [3.63, 3.8) is 0 Å². The molecule has 144 valence electrons. The fraction of sp³-hybridized carbons (Fsp3) is 0.227. The highest BCUT2D eigenvalue weighted by Crippen LogP contribution is 2.26. The van der Waals surface area contributed by atoms with Gasteiger partial charge in [-0.25, -0.2) is 9.97 Å². The Balaban J connectivity index is 1.94. The van der Waals surface area contributed by atoms with Gasteiger partial charge in [-0.15, -0.1) is 0 Å². The Morgan fingerprint density at radius 3 is 2.39 bits per heavy atom. The highest BCUT2D eigenvalue weighted by atomic mass is 16.5. The van der Waals surface area contributed by atoms with Crippen LogP contribution in [0.5, 0.6) is 0 Å². The number of ether oxygens (including phenoxy) is 1. The molecule has 0 radical (unpaired) electrons. The zero-order valence-corrected chi connectivity index (χ0v) is 16.1. The van der Waals surface area contributed by atoms with E-state index in [4.69, 9.17) is 4.74 Å². The first kappa shape index (κ1) is 19.5. The number of rotatable bonds is 8. The summed E-state index contributed by atoms with van der Waals surface area (Å²) in [5.41, 5.74) is 2.48. The predicted octanol–water partition coefficient (Wildman–Crippen LogP) is 3.50. The third-order valence-corrected chi connectivity index (χ3v) is 4.18. The van der Waals surface area contributed by atoms with Crippen LogP contribution < -0.4 is 10.2 Å². The van der Waals surface area contributed by atoms with Crippen molar-refractivity contribution < 1.29 is 9.53 Å². The van der Waals surface area contributed by atoms with Crippen LogP contribution in [0.1, 0.15) is 21.9 Å². The van der Waals surface area contributed by atoms with Crippen molar-refractivity contribution >= 4 is 17.4 Å². The smallest absolute Gasteiger partial charge is 0.270 e. The number of benzene rings is 2. The van der Waals surface area contributed by atoms with Gasteiger partial charge in [0.05, 0.1) is 6.61 Å². The molecule has 6 heteroatoms. The molecule has 0 atom stereocenters. The van der Waals surface area contributed by atoms with Crippen LogP contribution in [0.25, 0.3) is 0 Å². The number of methoxy groups -OCH3 is 1. The van der Waals surface area contributed by atoms with E-state index in [9.17, 15) is 4.79 Å². The van der Waals surface area contributed by atoms with Gasteiger partial charge in [0.1, 0.15) is 17.3 Å². The molecule has 1 heterocycles. The van der Waals surface area contributed by atoms with Crippen LogP contribution in [-0.4, -0.2) is 36.1 Å². The van der Waals surface area contributed by atoms with Crippen LogP contribution in [0.3, 0.4) is 0 Å². The first-order valence-electron chi connectivity index (χ1n) is 9.16. The molecule has 0 unspecified atom stereocenters. The monoisotopic (exact) mass is 376 g/mol. The van der Waals surface area contributed by atoms with Crippen LogP contribution in [0, 0.1) is 6.92 Å². The van der Waals surface area contributed by atoms with Gasteiger partial charge in [0.15, 0.2) is 0 Å². The third-order valence-electron chi connectivity index (χ3n) is 4.18. The van der Waals surface area contributed by atoms with E-state index in [1.807, 2.05) is 48.5 Å². The number of aromatic nitrogens is 2. The van der Waals surface area contributed by atoms with Crippen molar-refractivity contribution in [1.82, 2.24) is 15.3 Å². The summed E-state index contributed by atoms with van der Waals surface area (Å²) in [4.78, 5) is 23.4. The van der Waals surface area contributed by atoms with E-state index in [1.54, 1.807) is 20.1 Å². The number of hydrogen-bond acceptors (Lipinski definition) is 5. The SMILES string of the molecule is COCCNC(=O)c1cc(N(Cc2ccccc2)c2ccccc2)nc(C)n1. The number of nitrogens with one attached hydrogen (secondary N) is 1. The van der Waals surface area contributed by atoms with Gasteiger partial charge in [-0.05, 0) is 24.6 Å². The molecule has 1 N–H and O–H groups in total. The number of carbonyl (C=O) groups is 1. The Morgan fingerprint density at radius 2 is 1.71 bits per heavy atom. The summed E-state index contributed by atoms with van der Waals surface area (Å²) in [7, 11) is 1.60. The summed E-state index contributed by atoms with van der Waals surface area (Å²) in [6, 6.07) is 21.9. The minimum atomic E-state index is -0.239. The van der Waals surface area contributed by atoms with Crippen molar-refractivity contribution in [2.75, 3.05) is 25.2 Å². The molecule has 3 rings (SSSR count). The zero-order chi connectivity index (χ0) is 19.8. The molecule has 0 bridgehead atoms. The molecule has 1 amide bonds. The molecule has 0 saturated carbocycles. The lowest BCUT2D eigenvalue weighted by Gasteiger charge is -2.24. The highest BCUT2D eigenvalue weighted by molar-refractivity contribution is 5.93. The van der Waals surface area contributed by atoms with E-state index in [0.29, 0.717) is 37.0 Å². The number of amides is 1. The topological polar surface area (TPSA) is 67.3 Å². The standard InChI is InChI=1S/C22H24N4O2/c1-17-24-20(22(27)23-13-14-28-2)15-21(25-17)26(19-11-7-4-8-12-19)16-18-9-5-3-6-10-18/h3-12,15H,13-14,16H2,1-2H3,(H,23,27). The van der Waals surface area contributed by atoms with Gasteiger partial charge in [-0.3, -0.25) is 4.79 Å². The van der Waals surface area contributed by atoms with Gasteiger partial charge < -0.3 is 15.0 Å².